The van der Waals surface area contributed by atoms with Crippen molar-refractivity contribution in [2.45, 2.75) is 25.3 Å². The van der Waals surface area contributed by atoms with Gasteiger partial charge in [0.15, 0.2) is 0 Å². The lowest BCUT2D eigenvalue weighted by molar-refractivity contribution is 0.623. The molecule has 0 fully saturated rings. The van der Waals surface area contributed by atoms with Crippen LogP contribution in [-0.4, -0.2) is 9.13 Å². The maximum atomic E-state index is 2.57. The number of anilines is 2. The summed E-state index contributed by atoms with van der Waals surface area (Å²) >= 11 is 0. The number of rotatable bonds is 5. The van der Waals surface area contributed by atoms with Crippen molar-refractivity contribution in [2.75, 3.05) is 4.90 Å². The van der Waals surface area contributed by atoms with E-state index in [-0.39, 0.29) is 6.04 Å². The molecule has 0 aliphatic heterocycles. The van der Waals surface area contributed by atoms with Gasteiger partial charge < -0.3 is 14.0 Å². The van der Waals surface area contributed by atoms with Crippen LogP contribution in [0.2, 0.25) is 0 Å². The molecule has 216 valence electrons. The van der Waals surface area contributed by atoms with E-state index in [4.69, 9.17) is 0 Å². The topological polar surface area (TPSA) is 13.1 Å². The number of aromatic nitrogens is 2. The third-order valence-corrected chi connectivity index (χ3v) is 9.50. The summed E-state index contributed by atoms with van der Waals surface area (Å²) in [5.74, 6) is 0. The van der Waals surface area contributed by atoms with Crippen LogP contribution in [0.3, 0.4) is 0 Å². The number of benzene rings is 5. The van der Waals surface area contributed by atoms with Crippen LogP contribution in [0.25, 0.3) is 44.5 Å². The first-order chi connectivity index (χ1) is 22.3. The molecule has 2 aliphatic carbocycles. The van der Waals surface area contributed by atoms with E-state index in [1.54, 1.807) is 0 Å². The van der Waals surface area contributed by atoms with E-state index >= 15 is 0 Å². The van der Waals surface area contributed by atoms with Crippen LogP contribution >= 0.6 is 0 Å². The van der Waals surface area contributed by atoms with Crippen molar-refractivity contribution in [3.05, 3.63) is 169 Å². The van der Waals surface area contributed by atoms with Gasteiger partial charge in [0.2, 0.25) is 0 Å². The molecule has 5 aromatic carbocycles. The Hall–Kier alpha value is -5.54. The highest BCUT2D eigenvalue weighted by atomic mass is 15.2. The molecule has 0 amide bonds. The van der Waals surface area contributed by atoms with Gasteiger partial charge >= 0.3 is 0 Å². The van der Waals surface area contributed by atoms with E-state index in [9.17, 15) is 0 Å². The molecular formula is C42H33N3. The molecule has 3 nitrogen and oxygen atoms in total. The second-order valence-corrected chi connectivity index (χ2v) is 12.1. The van der Waals surface area contributed by atoms with Crippen LogP contribution in [0.1, 0.15) is 30.1 Å². The molecule has 0 bridgehead atoms. The molecule has 1 unspecified atom stereocenters. The number of nitrogens with zero attached hydrogens (tertiary/aromatic N) is 3. The van der Waals surface area contributed by atoms with Gasteiger partial charge in [-0.1, -0.05) is 97.1 Å². The van der Waals surface area contributed by atoms with Crippen molar-refractivity contribution < 1.29 is 0 Å². The molecule has 2 heterocycles. The van der Waals surface area contributed by atoms with Gasteiger partial charge in [-0.25, -0.2) is 0 Å². The van der Waals surface area contributed by atoms with Gasteiger partial charge in [0.1, 0.15) is 0 Å². The van der Waals surface area contributed by atoms with Crippen LogP contribution in [0.15, 0.2) is 157 Å². The van der Waals surface area contributed by atoms with Crippen molar-refractivity contribution >= 4 is 50.2 Å². The number of fused-ring (bicyclic) bond motifs is 6. The molecule has 0 spiro atoms. The molecular weight excluding hydrogens is 546 g/mol. The molecule has 0 saturated carbocycles. The average Bonchev–Trinajstić information content (AvgIpc) is 3.62. The summed E-state index contributed by atoms with van der Waals surface area (Å²) in [5, 5.41) is 3.96. The van der Waals surface area contributed by atoms with Gasteiger partial charge in [-0.3, -0.25) is 0 Å². The standard InChI is InChI=1S/C42H33N3/c1-3-14-30(15-4-1)43(31-16-5-2-6-17-31)32-18-13-19-33(28-32)45-41-25-12-9-22-37(41)38-27-26-34(29-42(38)45)44-39-23-10-7-20-35(39)36-21-8-11-24-40(36)44/h1-7,9-20,22-27,29,33H,8,21,28H2. The first-order valence-corrected chi connectivity index (χ1v) is 15.9. The van der Waals surface area contributed by atoms with E-state index in [0.717, 1.165) is 19.3 Å². The predicted molar refractivity (Wildman–Crippen MR) is 190 cm³/mol. The number of aryl methyl sites for hydroxylation is 1. The zero-order valence-corrected chi connectivity index (χ0v) is 25.1. The normalized spacial score (nSPS) is 15.9. The van der Waals surface area contributed by atoms with E-state index < -0.39 is 0 Å². The molecule has 0 N–H and O–H groups in total. The zero-order chi connectivity index (χ0) is 29.7. The van der Waals surface area contributed by atoms with Gasteiger partial charge in [0, 0.05) is 56.5 Å². The van der Waals surface area contributed by atoms with Crippen LogP contribution < -0.4 is 4.90 Å². The summed E-state index contributed by atoms with van der Waals surface area (Å²) in [6.45, 7) is 0. The van der Waals surface area contributed by atoms with Crippen molar-refractivity contribution in [1.82, 2.24) is 9.13 Å². The lowest BCUT2D eigenvalue weighted by Gasteiger charge is -2.32. The molecule has 1 atom stereocenters. The number of hydrogen-bond acceptors (Lipinski definition) is 1. The van der Waals surface area contributed by atoms with Crippen LogP contribution in [0.4, 0.5) is 11.4 Å². The fourth-order valence-electron chi connectivity index (χ4n) is 7.57. The Bertz CT molecular complexity index is 2260. The Kier molecular flexibility index (Phi) is 6.09. The van der Waals surface area contributed by atoms with Gasteiger partial charge in [0.25, 0.3) is 0 Å². The molecule has 0 radical (unpaired) electrons. The smallest absolute Gasteiger partial charge is 0.0580 e. The number of para-hydroxylation sites is 4. The van der Waals surface area contributed by atoms with Crippen LogP contribution in [-0.2, 0) is 6.42 Å². The minimum Gasteiger partial charge on any atom is -0.333 e. The average molecular weight is 580 g/mol. The highest BCUT2D eigenvalue weighted by Crippen LogP contribution is 2.41. The molecule has 0 saturated heterocycles. The predicted octanol–water partition coefficient (Wildman–Crippen LogP) is 10.9. The number of allylic oxidation sites excluding steroid dienone is 5. The maximum Gasteiger partial charge on any atom is 0.0580 e. The Morgan fingerprint density at radius 3 is 2.07 bits per heavy atom. The molecule has 45 heavy (non-hydrogen) atoms. The fourth-order valence-corrected chi connectivity index (χ4v) is 7.57. The van der Waals surface area contributed by atoms with Crippen molar-refractivity contribution in [1.29, 1.82) is 0 Å². The third-order valence-electron chi connectivity index (χ3n) is 9.50. The second kappa shape index (κ2) is 10.6. The SMILES string of the molecule is C1=CC(n2c3ccccc3c3ccc(-n4c5c(c6ccccc64)CCC=C5)cc32)CC(N(c2ccccc2)c2ccccc2)=C1. The lowest BCUT2D eigenvalue weighted by atomic mass is 10.0. The van der Waals surface area contributed by atoms with Crippen LogP contribution in [0.5, 0.6) is 0 Å². The maximum absolute atomic E-state index is 2.57. The summed E-state index contributed by atoms with van der Waals surface area (Å²) in [5.41, 5.74) is 11.4. The summed E-state index contributed by atoms with van der Waals surface area (Å²) in [7, 11) is 0. The van der Waals surface area contributed by atoms with E-state index in [2.05, 4.69) is 172 Å². The highest BCUT2D eigenvalue weighted by molar-refractivity contribution is 6.09. The summed E-state index contributed by atoms with van der Waals surface area (Å²) in [4.78, 5) is 2.40. The zero-order valence-electron chi connectivity index (χ0n) is 25.1. The monoisotopic (exact) mass is 579 g/mol. The minimum absolute atomic E-state index is 0.160. The van der Waals surface area contributed by atoms with Gasteiger partial charge in [-0.05, 0) is 79.1 Å². The quantitative estimate of drug-likeness (QED) is 0.198. The molecule has 2 aromatic heterocycles. The minimum atomic E-state index is 0.160. The Balaban J connectivity index is 1.21. The largest absolute Gasteiger partial charge is 0.333 e. The first-order valence-electron chi connectivity index (χ1n) is 15.9. The van der Waals surface area contributed by atoms with E-state index in [1.807, 2.05) is 0 Å². The number of hydrogen-bond donors (Lipinski definition) is 0. The van der Waals surface area contributed by atoms with Crippen molar-refractivity contribution in [3.8, 4) is 5.69 Å². The summed E-state index contributed by atoms with van der Waals surface area (Å²) in [6, 6.07) is 46.4. The fraction of sp³-hybridized carbons (Fsp3) is 0.0952. The van der Waals surface area contributed by atoms with Gasteiger partial charge in [-0.2, -0.15) is 0 Å². The Morgan fingerprint density at radius 1 is 0.622 bits per heavy atom. The Labute approximate surface area is 263 Å². The Morgan fingerprint density at radius 2 is 1.29 bits per heavy atom. The first kappa shape index (κ1) is 25.9. The van der Waals surface area contributed by atoms with E-state index in [1.165, 1.54) is 66.7 Å². The molecule has 9 rings (SSSR count). The lowest BCUT2D eigenvalue weighted by Crippen LogP contribution is -2.21. The van der Waals surface area contributed by atoms with Crippen molar-refractivity contribution in [3.63, 3.8) is 0 Å². The van der Waals surface area contributed by atoms with Crippen LogP contribution in [0, 0.1) is 0 Å². The molecule has 7 aromatic rings. The van der Waals surface area contributed by atoms with E-state index in [0.29, 0.717) is 0 Å². The van der Waals surface area contributed by atoms with Gasteiger partial charge in [-0.15, -0.1) is 0 Å². The second-order valence-electron chi connectivity index (χ2n) is 12.1. The highest BCUT2D eigenvalue weighted by Gasteiger charge is 2.25. The van der Waals surface area contributed by atoms with Gasteiger partial charge in [0.05, 0.1) is 17.1 Å². The molecule has 3 heteroatoms. The summed E-state index contributed by atoms with van der Waals surface area (Å²) in [6.07, 6.45) is 14.6. The van der Waals surface area contributed by atoms with Crippen molar-refractivity contribution in [2.24, 2.45) is 0 Å². The third kappa shape index (κ3) is 4.19. The molecule has 2 aliphatic rings. The summed E-state index contributed by atoms with van der Waals surface area (Å²) < 4.78 is 5.04.